The lowest BCUT2D eigenvalue weighted by atomic mass is 9.59. The van der Waals surface area contributed by atoms with Crippen LogP contribution in [0.4, 0.5) is 17.6 Å². The Kier molecular flexibility index (Phi) is 9.39. The zero-order valence-corrected chi connectivity index (χ0v) is 24.4. The molecule has 0 aliphatic rings. The van der Waals surface area contributed by atoms with Crippen LogP contribution in [0.5, 0.6) is 0 Å². The molecular weight excluding hydrogens is 605 g/mol. The van der Waals surface area contributed by atoms with Gasteiger partial charge in [-0.15, -0.1) is 0 Å². The molecule has 43 heavy (non-hydrogen) atoms. The van der Waals surface area contributed by atoms with E-state index in [0.29, 0.717) is 16.6 Å². The van der Waals surface area contributed by atoms with E-state index in [1.165, 1.54) is 61.5 Å². The lowest BCUT2D eigenvalue weighted by molar-refractivity contribution is -0.138. The number of sulfone groups is 1. The van der Waals surface area contributed by atoms with Crippen molar-refractivity contribution < 1.29 is 35.9 Å². The van der Waals surface area contributed by atoms with Gasteiger partial charge in [-0.25, -0.2) is 12.8 Å². The van der Waals surface area contributed by atoms with Crippen molar-refractivity contribution in [2.45, 2.75) is 42.4 Å². The fourth-order valence-electron chi connectivity index (χ4n) is 4.84. The third-order valence-electron chi connectivity index (χ3n) is 7.00. The molecule has 2 N–H and O–H groups in total. The zero-order valence-electron chi connectivity index (χ0n) is 22.8. The molecular formula is C29H25B2ClF4N2O4S. The molecule has 0 aliphatic heterocycles. The van der Waals surface area contributed by atoms with Crippen molar-refractivity contribution in [1.29, 1.82) is 0 Å². The Hall–Kier alpha value is -3.28. The monoisotopic (exact) mass is 630 g/mol. The van der Waals surface area contributed by atoms with Crippen LogP contribution in [0.2, 0.25) is 5.02 Å². The minimum Gasteiger partial charge on any atom is -0.407 e. The molecule has 0 fully saturated rings. The Balaban J connectivity index is 1.67. The molecule has 4 aromatic rings. The SMILES string of the molecule is [B]C([B])(O)[C@H](NC(=O)c1ccc2c(c1)cc(Cc1ccc(Cl)cc1C(F)(F)F)n2CCF)c1ccc(S(=O)(=O)CC)cc1. The molecule has 0 spiro atoms. The van der Waals surface area contributed by atoms with Crippen molar-refractivity contribution in [3.63, 3.8) is 0 Å². The minimum absolute atomic E-state index is 0.0430. The number of carbonyl (C=O) groups is 1. The zero-order chi connectivity index (χ0) is 31.7. The van der Waals surface area contributed by atoms with Gasteiger partial charge in [0, 0.05) is 39.0 Å². The number of benzene rings is 3. The predicted molar refractivity (Wildman–Crippen MR) is 158 cm³/mol. The lowest BCUT2D eigenvalue weighted by Gasteiger charge is -2.32. The van der Waals surface area contributed by atoms with Crippen LogP contribution < -0.4 is 5.32 Å². The molecule has 1 atom stereocenters. The van der Waals surface area contributed by atoms with E-state index in [-0.39, 0.29) is 45.3 Å². The summed E-state index contributed by atoms with van der Waals surface area (Å²) in [6.45, 7) is 0.587. The topological polar surface area (TPSA) is 88.4 Å². The Morgan fingerprint density at radius 1 is 1.05 bits per heavy atom. The van der Waals surface area contributed by atoms with E-state index in [9.17, 15) is 35.9 Å². The number of fused-ring (bicyclic) bond motifs is 1. The van der Waals surface area contributed by atoms with E-state index < -0.39 is 45.6 Å². The molecule has 0 unspecified atom stereocenters. The first-order valence-corrected chi connectivity index (χ1v) is 15.1. The van der Waals surface area contributed by atoms with Gasteiger partial charge in [0.25, 0.3) is 5.91 Å². The first-order valence-electron chi connectivity index (χ1n) is 13.0. The molecule has 1 amide bonds. The summed E-state index contributed by atoms with van der Waals surface area (Å²) in [6.07, 6.45) is -4.83. The van der Waals surface area contributed by atoms with Gasteiger partial charge in [0.05, 0.1) is 28.8 Å². The van der Waals surface area contributed by atoms with Gasteiger partial charge in [-0.1, -0.05) is 36.7 Å². The van der Waals surface area contributed by atoms with Gasteiger partial charge in [0.2, 0.25) is 0 Å². The third-order valence-corrected chi connectivity index (χ3v) is 8.98. The minimum atomic E-state index is -4.66. The summed E-state index contributed by atoms with van der Waals surface area (Å²) in [5.74, 6) is -0.826. The van der Waals surface area contributed by atoms with E-state index in [0.717, 1.165) is 6.07 Å². The fourth-order valence-corrected chi connectivity index (χ4v) is 5.90. The lowest BCUT2D eigenvalue weighted by Crippen LogP contribution is -2.47. The molecule has 0 saturated heterocycles. The normalized spacial score (nSPS) is 13.3. The van der Waals surface area contributed by atoms with Gasteiger partial charge in [-0.2, -0.15) is 13.2 Å². The number of aromatic nitrogens is 1. The highest BCUT2D eigenvalue weighted by Gasteiger charge is 2.34. The number of hydrogen-bond acceptors (Lipinski definition) is 4. The summed E-state index contributed by atoms with van der Waals surface area (Å²) in [4.78, 5) is 13.3. The average Bonchev–Trinajstić information content (AvgIpc) is 3.27. The van der Waals surface area contributed by atoms with Gasteiger partial charge >= 0.3 is 6.18 Å². The Labute approximate surface area is 253 Å². The molecule has 0 saturated carbocycles. The quantitative estimate of drug-likeness (QED) is 0.188. The summed E-state index contributed by atoms with van der Waals surface area (Å²) in [5, 5.41) is 10.9. The number of nitrogens with zero attached hydrogens (tertiary/aromatic N) is 1. The second-order valence-corrected chi connectivity index (χ2v) is 12.7. The molecule has 4 rings (SSSR count). The number of aryl methyl sites for hydroxylation is 1. The Morgan fingerprint density at radius 2 is 1.72 bits per heavy atom. The van der Waals surface area contributed by atoms with Gasteiger partial charge in [0.15, 0.2) is 9.84 Å². The first kappa shape index (κ1) is 32.6. The summed E-state index contributed by atoms with van der Waals surface area (Å²) in [5.41, 5.74) is 0.250. The van der Waals surface area contributed by atoms with Crippen molar-refractivity contribution in [3.05, 3.63) is 99.7 Å². The summed E-state index contributed by atoms with van der Waals surface area (Å²) < 4.78 is 80.4. The number of halogens is 5. The van der Waals surface area contributed by atoms with Crippen molar-refractivity contribution in [3.8, 4) is 0 Å². The third kappa shape index (κ3) is 7.27. The van der Waals surface area contributed by atoms with Gasteiger partial charge in [0.1, 0.15) is 22.4 Å². The van der Waals surface area contributed by atoms with Crippen LogP contribution in [0.3, 0.4) is 0 Å². The van der Waals surface area contributed by atoms with E-state index >= 15 is 0 Å². The Bertz CT molecular complexity index is 1760. The highest BCUT2D eigenvalue weighted by atomic mass is 35.5. The molecule has 0 aliphatic carbocycles. The number of rotatable bonds is 10. The second kappa shape index (κ2) is 12.4. The van der Waals surface area contributed by atoms with Crippen LogP contribution >= 0.6 is 11.6 Å². The van der Waals surface area contributed by atoms with Crippen molar-refractivity contribution in [2.75, 3.05) is 12.4 Å². The maximum Gasteiger partial charge on any atom is 0.416 e. The highest BCUT2D eigenvalue weighted by molar-refractivity contribution is 7.91. The molecule has 14 heteroatoms. The van der Waals surface area contributed by atoms with Crippen LogP contribution in [-0.2, 0) is 29.0 Å². The Morgan fingerprint density at radius 3 is 2.30 bits per heavy atom. The van der Waals surface area contributed by atoms with Gasteiger partial charge in [-0.05, 0) is 59.7 Å². The van der Waals surface area contributed by atoms with Crippen LogP contribution in [0.25, 0.3) is 10.9 Å². The van der Waals surface area contributed by atoms with Crippen LogP contribution in [0.1, 0.15) is 45.7 Å². The highest BCUT2D eigenvalue weighted by Crippen LogP contribution is 2.35. The molecule has 1 aromatic heterocycles. The first-order chi connectivity index (χ1) is 20.0. The number of carbonyl (C=O) groups excluding carboxylic acids is 1. The van der Waals surface area contributed by atoms with Gasteiger partial charge < -0.3 is 15.0 Å². The molecule has 222 valence electrons. The standard InChI is InChI=1S/C29H25B2ClF4N2O4S/c1-2-43(41,42)23-8-4-17(5-9-23)26(28(30,31)40)37-27(39)19-6-10-25-20(13-19)15-22(38(25)12-11-33)14-18-3-7-21(32)16-24(18)29(34,35)36/h3-10,13,15-16,26,40H,2,11-12,14H2,1H3,(H,37,39)/t26-/m1/s1. The fraction of sp³-hybridized carbons (Fsp3) is 0.276. The van der Waals surface area contributed by atoms with Crippen molar-refractivity contribution >= 4 is 53.9 Å². The van der Waals surface area contributed by atoms with Crippen molar-refractivity contribution in [1.82, 2.24) is 9.88 Å². The van der Waals surface area contributed by atoms with Crippen LogP contribution in [0, 0.1) is 0 Å². The predicted octanol–water partition coefficient (Wildman–Crippen LogP) is 5.12. The number of nitrogens with one attached hydrogen (secondary N) is 1. The molecule has 0 bridgehead atoms. The smallest absolute Gasteiger partial charge is 0.407 e. The number of aliphatic hydroxyl groups is 1. The maximum atomic E-state index is 13.7. The van der Waals surface area contributed by atoms with Crippen LogP contribution in [-0.4, -0.2) is 57.5 Å². The van der Waals surface area contributed by atoms with E-state index in [1.54, 1.807) is 10.6 Å². The summed E-state index contributed by atoms with van der Waals surface area (Å²) in [6, 6.07) is 13.5. The van der Waals surface area contributed by atoms with E-state index in [2.05, 4.69) is 5.32 Å². The van der Waals surface area contributed by atoms with Gasteiger partial charge in [-0.3, -0.25) is 4.79 Å². The summed E-state index contributed by atoms with van der Waals surface area (Å²) >= 11 is 5.80. The average molecular weight is 631 g/mol. The number of amides is 1. The molecule has 4 radical (unpaired) electrons. The second-order valence-electron chi connectivity index (χ2n) is 9.99. The molecule has 3 aromatic carbocycles. The number of hydrogen-bond donors (Lipinski definition) is 2. The number of alkyl halides is 4. The molecule has 6 nitrogen and oxygen atoms in total. The van der Waals surface area contributed by atoms with E-state index in [4.69, 9.17) is 27.3 Å². The van der Waals surface area contributed by atoms with Crippen molar-refractivity contribution in [2.24, 2.45) is 0 Å². The van der Waals surface area contributed by atoms with Crippen LogP contribution in [0.15, 0.2) is 71.6 Å². The summed E-state index contributed by atoms with van der Waals surface area (Å²) in [7, 11) is 7.97. The van der Waals surface area contributed by atoms with E-state index in [1.807, 2.05) is 0 Å². The largest absolute Gasteiger partial charge is 0.416 e. The molecule has 1 heterocycles. The maximum absolute atomic E-state index is 13.7.